The number of halogens is 1. The van der Waals surface area contributed by atoms with Crippen molar-refractivity contribution >= 4 is 17.4 Å². The minimum atomic E-state index is -0.00841. The van der Waals surface area contributed by atoms with Crippen LogP contribution in [0.5, 0.6) is 17.2 Å². The van der Waals surface area contributed by atoms with Crippen molar-refractivity contribution in [3.63, 3.8) is 0 Å². The summed E-state index contributed by atoms with van der Waals surface area (Å²) in [7, 11) is 4.52. The lowest BCUT2D eigenvalue weighted by Gasteiger charge is -2.16. The number of methoxy groups -OCH3 is 3. The summed E-state index contributed by atoms with van der Waals surface area (Å²) in [5, 5.41) is 0.390. The number of carbonyl (C=O) groups excluding carboxylic acids is 1. The molecule has 0 spiro atoms. The number of ether oxygens (including phenoxy) is 3. The average molecular weight is 259 g/mol. The smallest absolute Gasteiger partial charge is 0.168 e. The molecule has 0 aliphatic rings. The molecule has 1 rings (SSSR count). The Kier molecular flexibility index (Phi) is 4.63. The minimum absolute atomic E-state index is 0.00841. The molecule has 0 aromatic heterocycles. The first-order valence-electron chi connectivity index (χ1n) is 5.01. The van der Waals surface area contributed by atoms with Crippen LogP contribution in [-0.4, -0.2) is 27.1 Å². The minimum Gasteiger partial charge on any atom is -0.495 e. The second kappa shape index (κ2) is 5.77. The van der Waals surface area contributed by atoms with E-state index in [0.717, 1.165) is 0 Å². The third-order valence-electron chi connectivity index (χ3n) is 2.30. The molecule has 1 aromatic rings. The van der Waals surface area contributed by atoms with Crippen molar-refractivity contribution in [2.24, 2.45) is 0 Å². The zero-order valence-electron chi connectivity index (χ0n) is 10.3. The normalized spacial score (nSPS) is 9.94. The van der Waals surface area contributed by atoms with Gasteiger partial charge in [0, 0.05) is 18.1 Å². The average Bonchev–Trinajstić information content (AvgIpc) is 2.28. The van der Waals surface area contributed by atoms with Gasteiger partial charge in [-0.2, -0.15) is 0 Å². The molecule has 0 aliphatic carbocycles. The fourth-order valence-corrected chi connectivity index (χ4v) is 1.94. The number of rotatable bonds is 5. The second-order valence-corrected chi connectivity index (χ2v) is 3.89. The van der Waals surface area contributed by atoms with Crippen LogP contribution in [0.25, 0.3) is 0 Å². The highest BCUT2D eigenvalue weighted by Crippen LogP contribution is 2.42. The third-order valence-corrected chi connectivity index (χ3v) is 2.58. The van der Waals surface area contributed by atoms with E-state index in [1.54, 1.807) is 6.07 Å². The first-order chi connectivity index (χ1) is 8.04. The molecule has 0 fully saturated rings. The first kappa shape index (κ1) is 13.6. The summed E-state index contributed by atoms with van der Waals surface area (Å²) in [6.07, 6.45) is 0.184. The summed E-state index contributed by atoms with van der Waals surface area (Å²) in [5.41, 5.74) is 0.604. The Morgan fingerprint density at radius 2 is 1.76 bits per heavy atom. The van der Waals surface area contributed by atoms with Crippen LogP contribution < -0.4 is 14.2 Å². The van der Waals surface area contributed by atoms with Crippen LogP contribution in [0.1, 0.15) is 12.5 Å². The lowest BCUT2D eigenvalue weighted by atomic mass is 10.1. The lowest BCUT2D eigenvalue weighted by Crippen LogP contribution is -2.04. The highest BCUT2D eigenvalue weighted by atomic mass is 35.5. The van der Waals surface area contributed by atoms with Gasteiger partial charge in [-0.25, -0.2) is 0 Å². The summed E-state index contributed by atoms with van der Waals surface area (Å²) < 4.78 is 15.6. The van der Waals surface area contributed by atoms with Gasteiger partial charge in [0.1, 0.15) is 11.5 Å². The zero-order valence-corrected chi connectivity index (χ0v) is 11.1. The standard InChI is InChI=1S/C12H15ClO4/c1-7(14)5-8-11(16-3)9(13)6-10(15-2)12(8)17-4/h6H,5H2,1-4H3. The largest absolute Gasteiger partial charge is 0.495 e. The van der Waals surface area contributed by atoms with Gasteiger partial charge >= 0.3 is 0 Å². The molecule has 0 atom stereocenters. The van der Waals surface area contributed by atoms with Crippen molar-refractivity contribution in [1.82, 2.24) is 0 Å². The van der Waals surface area contributed by atoms with E-state index < -0.39 is 0 Å². The van der Waals surface area contributed by atoms with E-state index in [2.05, 4.69) is 0 Å². The van der Waals surface area contributed by atoms with Gasteiger partial charge in [0.25, 0.3) is 0 Å². The summed E-state index contributed by atoms with van der Waals surface area (Å²) >= 11 is 6.05. The van der Waals surface area contributed by atoms with E-state index in [-0.39, 0.29) is 12.2 Å². The maximum absolute atomic E-state index is 11.3. The number of hydrogen-bond donors (Lipinski definition) is 0. The molecule has 1 aromatic carbocycles. The summed E-state index contributed by atoms with van der Waals surface area (Å²) in [6.45, 7) is 1.49. The predicted octanol–water partition coefficient (Wildman–Crippen LogP) is 2.50. The molecular weight excluding hydrogens is 244 g/mol. The molecule has 17 heavy (non-hydrogen) atoms. The SMILES string of the molecule is COc1cc(Cl)c(OC)c(CC(C)=O)c1OC. The fourth-order valence-electron chi connectivity index (χ4n) is 1.65. The Morgan fingerprint density at radius 1 is 1.18 bits per heavy atom. The molecule has 0 heterocycles. The Morgan fingerprint density at radius 3 is 2.18 bits per heavy atom. The maximum Gasteiger partial charge on any atom is 0.168 e. The van der Waals surface area contributed by atoms with Gasteiger partial charge in [-0.3, -0.25) is 4.79 Å². The molecule has 0 aliphatic heterocycles. The molecule has 5 heteroatoms. The molecule has 0 amide bonds. The topological polar surface area (TPSA) is 44.8 Å². The summed E-state index contributed by atoms with van der Waals surface area (Å²) in [4.78, 5) is 11.3. The van der Waals surface area contributed by atoms with Crippen molar-refractivity contribution in [1.29, 1.82) is 0 Å². The third kappa shape index (κ3) is 2.82. The van der Waals surface area contributed by atoms with Gasteiger partial charge in [0.2, 0.25) is 0 Å². The molecule has 94 valence electrons. The van der Waals surface area contributed by atoms with Gasteiger partial charge in [-0.1, -0.05) is 11.6 Å². The molecule has 0 saturated carbocycles. The van der Waals surface area contributed by atoms with Gasteiger partial charge in [0.15, 0.2) is 11.5 Å². The zero-order chi connectivity index (χ0) is 13.0. The van der Waals surface area contributed by atoms with Crippen LogP contribution >= 0.6 is 11.6 Å². The number of Topliss-reactive ketones (excluding diaryl/α,β-unsaturated/α-hetero) is 1. The maximum atomic E-state index is 11.3. The van der Waals surface area contributed by atoms with E-state index in [1.165, 1.54) is 28.3 Å². The van der Waals surface area contributed by atoms with Crippen LogP contribution in [0.2, 0.25) is 5.02 Å². The van der Waals surface area contributed by atoms with Crippen LogP contribution in [0.15, 0.2) is 6.07 Å². The number of carbonyl (C=O) groups is 1. The molecule has 4 nitrogen and oxygen atoms in total. The Hall–Kier alpha value is -1.42. The Labute approximate surface area is 105 Å². The molecule has 0 saturated heterocycles. The fraction of sp³-hybridized carbons (Fsp3) is 0.417. The Bertz CT molecular complexity index is 429. The van der Waals surface area contributed by atoms with Crippen molar-refractivity contribution in [2.45, 2.75) is 13.3 Å². The van der Waals surface area contributed by atoms with Crippen LogP contribution in [0.3, 0.4) is 0 Å². The molecular formula is C12H15ClO4. The van der Waals surface area contributed by atoms with E-state index in [1.807, 2.05) is 0 Å². The van der Waals surface area contributed by atoms with E-state index in [9.17, 15) is 4.79 Å². The van der Waals surface area contributed by atoms with Crippen molar-refractivity contribution in [3.05, 3.63) is 16.7 Å². The van der Waals surface area contributed by atoms with Crippen LogP contribution in [-0.2, 0) is 11.2 Å². The van der Waals surface area contributed by atoms with Gasteiger partial charge in [-0.05, 0) is 6.92 Å². The Balaban J connectivity index is 3.46. The monoisotopic (exact) mass is 258 g/mol. The number of benzene rings is 1. The van der Waals surface area contributed by atoms with Crippen LogP contribution in [0, 0.1) is 0 Å². The predicted molar refractivity (Wildman–Crippen MR) is 65.5 cm³/mol. The summed E-state index contributed by atoms with van der Waals surface area (Å²) in [6, 6.07) is 1.60. The first-order valence-corrected chi connectivity index (χ1v) is 5.39. The van der Waals surface area contributed by atoms with E-state index in [0.29, 0.717) is 27.8 Å². The second-order valence-electron chi connectivity index (χ2n) is 3.48. The molecule has 0 radical (unpaired) electrons. The number of ketones is 1. The molecule has 0 unspecified atom stereocenters. The highest BCUT2D eigenvalue weighted by molar-refractivity contribution is 6.32. The lowest BCUT2D eigenvalue weighted by molar-refractivity contribution is -0.116. The van der Waals surface area contributed by atoms with Crippen molar-refractivity contribution in [2.75, 3.05) is 21.3 Å². The van der Waals surface area contributed by atoms with Gasteiger partial charge in [-0.15, -0.1) is 0 Å². The van der Waals surface area contributed by atoms with E-state index >= 15 is 0 Å². The molecule has 0 N–H and O–H groups in total. The van der Waals surface area contributed by atoms with Crippen molar-refractivity contribution in [3.8, 4) is 17.2 Å². The quantitative estimate of drug-likeness (QED) is 0.814. The van der Waals surface area contributed by atoms with Gasteiger partial charge < -0.3 is 14.2 Å². The number of hydrogen-bond acceptors (Lipinski definition) is 4. The molecule has 0 bridgehead atoms. The summed E-state index contributed by atoms with van der Waals surface area (Å²) in [5.74, 6) is 1.39. The van der Waals surface area contributed by atoms with Gasteiger partial charge in [0.05, 0.1) is 26.4 Å². The highest BCUT2D eigenvalue weighted by Gasteiger charge is 2.20. The van der Waals surface area contributed by atoms with Crippen LogP contribution in [0.4, 0.5) is 0 Å². The van der Waals surface area contributed by atoms with E-state index in [4.69, 9.17) is 25.8 Å². The van der Waals surface area contributed by atoms with Crippen molar-refractivity contribution < 1.29 is 19.0 Å².